The first-order valence-electron chi connectivity index (χ1n) is 5.24. The minimum atomic E-state index is 0.158. The van der Waals surface area contributed by atoms with Crippen LogP contribution in [0.3, 0.4) is 0 Å². The summed E-state index contributed by atoms with van der Waals surface area (Å²) in [5.74, 6) is 0.158. The van der Waals surface area contributed by atoms with Gasteiger partial charge in [0.1, 0.15) is 11.6 Å². The van der Waals surface area contributed by atoms with Crippen LogP contribution < -0.4 is 0 Å². The summed E-state index contributed by atoms with van der Waals surface area (Å²) >= 11 is 6.17. The molecule has 0 saturated carbocycles. The molecule has 0 aliphatic rings. The van der Waals surface area contributed by atoms with Gasteiger partial charge < -0.3 is 0 Å². The van der Waals surface area contributed by atoms with Crippen molar-refractivity contribution in [2.24, 2.45) is 0 Å². The molecule has 86 valence electrons. The van der Waals surface area contributed by atoms with Gasteiger partial charge in [-0.05, 0) is 18.1 Å². The highest BCUT2D eigenvalue weighted by molar-refractivity contribution is 6.31. The van der Waals surface area contributed by atoms with Crippen molar-refractivity contribution < 1.29 is 0 Å². The molecule has 5 heteroatoms. The standard InChI is InChI=1S/C12H11ClN4/c1-8(2)11-10(7-14)12(13)17(16-11)9-3-5-15-6-4-9/h3-6,8H,1-2H3. The van der Waals surface area contributed by atoms with E-state index in [1.54, 1.807) is 29.2 Å². The fourth-order valence-corrected chi connectivity index (χ4v) is 1.85. The summed E-state index contributed by atoms with van der Waals surface area (Å²) in [5, 5.41) is 13.8. The smallest absolute Gasteiger partial charge is 0.150 e. The summed E-state index contributed by atoms with van der Waals surface area (Å²) in [6, 6.07) is 5.70. The Morgan fingerprint density at radius 1 is 1.35 bits per heavy atom. The lowest BCUT2D eigenvalue weighted by Gasteiger charge is -2.01. The van der Waals surface area contributed by atoms with E-state index in [1.165, 1.54) is 0 Å². The van der Waals surface area contributed by atoms with Crippen LogP contribution in [-0.2, 0) is 0 Å². The molecule has 0 N–H and O–H groups in total. The zero-order valence-corrected chi connectivity index (χ0v) is 10.3. The fraction of sp³-hybridized carbons (Fsp3) is 0.250. The molecule has 0 radical (unpaired) electrons. The van der Waals surface area contributed by atoms with E-state index in [9.17, 15) is 0 Å². The van der Waals surface area contributed by atoms with Crippen LogP contribution >= 0.6 is 11.6 Å². The maximum atomic E-state index is 9.11. The van der Waals surface area contributed by atoms with Gasteiger partial charge in [0.25, 0.3) is 0 Å². The molecule has 0 spiro atoms. The lowest BCUT2D eigenvalue weighted by atomic mass is 10.1. The first-order chi connectivity index (χ1) is 8.15. The van der Waals surface area contributed by atoms with Crippen LogP contribution in [0, 0.1) is 11.3 Å². The van der Waals surface area contributed by atoms with Crippen molar-refractivity contribution in [3.63, 3.8) is 0 Å². The third kappa shape index (κ3) is 2.02. The highest BCUT2D eigenvalue weighted by Gasteiger charge is 2.19. The molecule has 0 unspecified atom stereocenters. The van der Waals surface area contributed by atoms with E-state index in [-0.39, 0.29) is 5.92 Å². The second-order valence-electron chi connectivity index (χ2n) is 3.93. The molecule has 0 saturated heterocycles. The van der Waals surface area contributed by atoms with Gasteiger partial charge in [0.15, 0.2) is 5.15 Å². The van der Waals surface area contributed by atoms with Gasteiger partial charge >= 0.3 is 0 Å². The number of nitrogens with zero attached hydrogens (tertiary/aromatic N) is 4. The molecule has 2 aromatic rings. The van der Waals surface area contributed by atoms with Crippen molar-refractivity contribution in [2.75, 3.05) is 0 Å². The van der Waals surface area contributed by atoms with Crippen molar-refractivity contribution in [2.45, 2.75) is 19.8 Å². The molecule has 0 aliphatic heterocycles. The highest BCUT2D eigenvalue weighted by Crippen LogP contribution is 2.27. The zero-order valence-electron chi connectivity index (χ0n) is 9.55. The Morgan fingerprint density at radius 3 is 2.47 bits per heavy atom. The molecule has 0 amide bonds. The molecular weight excluding hydrogens is 236 g/mol. The Labute approximate surface area is 104 Å². The van der Waals surface area contributed by atoms with E-state index in [0.29, 0.717) is 16.4 Å². The maximum absolute atomic E-state index is 9.11. The molecule has 0 fully saturated rings. The molecule has 2 rings (SSSR count). The Balaban J connectivity index is 2.62. The summed E-state index contributed by atoms with van der Waals surface area (Å²) < 4.78 is 1.57. The first-order valence-corrected chi connectivity index (χ1v) is 5.62. The Bertz CT molecular complexity index is 566. The number of aromatic nitrogens is 3. The van der Waals surface area contributed by atoms with Crippen molar-refractivity contribution in [3.05, 3.63) is 40.9 Å². The quantitative estimate of drug-likeness (QED) is 0.819. The minimum absolute atomic E-state index is 0.158. The predicted octanol–water partition coefficient (Wildman–Crippen LogP) is 2.92. The topological polar surface area (TPSA) is 54.5 Å². The molecule has 0 aromatic carbocycles. The maximum Gasteiger partial charge on any atom is 0.150 e. The number of halogens is 1. The Hall–Kier alpha value is -1.86. The number of pyridine rings is 1. The summed E-state index contributed by atoms with van der Waals surface area (Å²) in [6.45, 7) is 3.97. The van der Waals surface area contributed by atoms with Crippen LogP contribution in [0.25, 0.3) is 5.69 Å². The largest absolute Gasteiger partial charge is 0.265 e. The van der Waals surface area contributed by atoms with Crippen LogP contribution in [-0.4, -0.2) is 14.8 Å². The summed E-state index contributed by atoms with van der Waals surface area (Å²) in [7, 11) is 0. The highest BCUT2D eigenvalue weighted by atomic mass is 35.5. The van der Waals surface area contributed by atoms with Crippen LogP contribution in [0.5, 0.6) is 0 Å². The van der Waals surface area contributed by atoms with Gasteiger partial charge in [-0.3, -0.25) is 4.98 Å². The predicted molar refractivity (Wildman–Crippen MR) is 65.2 cm³/mol. The third-order valence-electron chi connectivity index (χ3n) is 2.42. The van der Waals surface area contributed by atoms with Gasteiger partial charge in [0.2, 0.25) is 0 Å². The van der Waals surface area contributed by atoms with Gasteiger partial charge in [-0.25, -0.2) is 4.68 Å². The molecule has 0 atom stereocenters. The number of nitriles is 1. The van der Waals surface area contributed by atoms with Crippen molar-refractivity contribution >= 4 is 11.6 Å². The first kappa shape index (κ1) is 11.6. The van der Waals surface area contributed by atoms with E-state index in [0.717, 1.165) is 5.69 Å². The second-order valence-corrected chi connectivity index (χ2v) is 4.29. The van der Waals surface area contributed by atoms with E-state index in [1.807, 2.05) is 13.8 Å². The number of hydrogen-bond acceptors (Lipinski definition) is 3. The van der Waals surface area contributed by atoms with Crippen molar-refractivity contribution in [1.29, 1.82) is 5.26 Å². The van der Waals surface area contributed by atoms with Gasteiger partial charge in [-0.1, -0.05) is 25.4 Å². The Kier molecular flexibility index (Phi) is 3.12. The van der Waals surface area contributed by atoms with Crippen LogP contribution in [0.4, 0.5) is 0 Å². The Morgan fingerprint density at radius 2 is 2.00 bits per heavy atom. The second kappa shape index (κ2) is 4.56. The van der Waals surface area contributed by atoms with E-state index in [4.69, 9.17) is 16.9 Å². The van der Waals surface area contributed by atoms with Crippen LogP contribution in [0.15, 0.2) is 24.5 Å². The lowest BCUT2D eigenvalue weighted by molar-refractivity contribution is 0.767. The summed E-state index contributed by atoms with van der Waals surface area (Å²) in [5.41, 5.74) is 1.96. The normalized spacial score (nSPS) is 10.5. The number of hydrogen-bond donors (Lipinski definition) is 0. The van der Waals surface area contributed by atoms with Crippen molar-refractivity contribution in [3.8, 4) is 11.8 Å². The average molecular weight is 247 g/mol. The SMILES string of the molecule is CC(C)c1nn(-c2ccncc2)c(Cl)c1C#N. The molecule has 2 heterocycles. The van der Waals surface area contributed by atoms with Gasteiger partial charge in [-0.15, -0.1) is 0 Å². The van der Waals surface area contributed by atoms with E-state index < -0.39 is 0 Å². The fourth-order valence-electron chi connectivity index (χ4n) is 1.58. The van der Waals surface area contributed by atoms with Crippen LogP contribution in [0.1, 0.15) is 31.0 Å². The van der Waals surface area contributed by atoms with Gasteiger partial charge in [0.05, 0.1) is 11.4 Å². The lowest BCUT2D eigenvalue weighted by Crippen LogP contribution is -1.98. The van der Waals surface area contributed by atoms with Crippen molar-refractivity contribution in [1.82, 2.24) is 14.8 Å². The molecule has 4 nitrogen and oxygen atoms in total. The minimum Gasteiger partial charge on any atom is -0.265 e. The third-order valence-corrected chi connectivity index (χ3v) is 2.77. The zero-order chi connectivity index (χ0) is 12.4. The van der Waals surface area contributed by atoms with Gasteiger partial charge in [0, 0.05) is 12.4 Å². The molecule has 17 heavy (non-hydrogen) atoms. The molecule has 2 aromatic heterocycles. The van der Waals surface area contributed by atoms with Crippen LogP contribution in [0.2, 0.25) is 5.15 Å². The van der Waals surface area contributed by atoms with E-state index in [2.05, 4.69) is 16.2 Å². The molecule has 0 bridgehead atoms. The molecule has 0 aliphatic carbocycles. The molecular formula is C12H11ClN4. The average Bonchev–Trinajstić information content (AvgIpc) is 2.67. The van der Waals surface area contributed by atoms with E-state index >= 15 is 0 Å². The number of rotatable bonds is 2. The monoisotopic (exact) mass is 246 g/mol. The van der Waals surface area contributed by atoms with Gasteiger partial charge in [-0.2, -0.15) is 10.4 Å². The summed E-state index contributed by atoms with van der Waals surface area (Å²) in [6.07, 6.45) is 3.32. The summed E-state index contributed by atoms with van der Waals surface area (Å²) in [4.78, 5) is 3.94.